The second kappa shape index (κ2) is 12.3. The van der Waals surface area contributed by atoms with Crippen molar-refractivity contribution in [3.63, 3.8) is 0 Å². The number of carbonyl (C=O) groups is 1. The number of hydrogen-bond acceptors (Lipinski definition) is 3. The molecular formula is C19H26O3Y-2. The molecule has 0 bridgehead atoms. The van der Waals surface area contributed by atoms with Gasteiger partial charge in [-0.3, -0.25) is 4.79 Å². The van der Waals surface area contributed by atoms with Gasteiger partial charge in [0.2, 0.25) is 0 Å². The first-order chi connectivity index (χ1) is 10.8. The van der Waals surface area contributed by atoms with Crippen LogP contribution in [0.5, 0.6) is 0 Å². The fourth-order valence-electron chi connectivity index (χ4n) is 2.69. The van der Waals surface area contributed by atoms with Crippen LogP contribution in [0.3, 0.4) is 0 Å². The van der Waals surface area contributed by atoms with E-state index >= 15 is 0 Å². The van der Waals surface area contributed by atoms with Crippen LogP contribution >= 0.6 is 0 Å². The summed E-state index contributed by atoms with van der Waals surface area (Å²) in [4.78, 5) is 12.3. The monoisotopic (exact) mass is 391 g/mol. The van der Waals surface area contributed by atoms with Crippen LogP contribution in [0.15, 0.2) is 30.3 Å². The zero-order valence-corrected chi connectivity index (χ0v) is 16.8. The predicted molar refractivity (Wildman–Crippen MR) is 87.3 cm³/mol. The average molecular weight is 391 g/mol. The molecule has 0 aromatic heterocycles. The van der Waals surface area contributed by atoms with Crippen molar-refractivity contribution < 1.29 is 47.0 Å². The second-order valence-electron chi connectivity index (χ2n) is 5.76. The molecule has 23 heavy (non-hydrogen) atoms. The predicted octanol–water partition coefficient (Wildman–Crippen LogP) is 4.23. The summed E-state index contributed by atoms with van der Waals surface area (Å²) >= 11 is 0. The van der Waals surface area contributed by atoms with Crippen molar-refractivity contribution in [2.45, 2.75) is 45.3 Å². The van der Waals surface area contributed by atoms with Gasteiger partial charge in [0.25, 0.3) is 0 Å². The normalized spacial score (nSPS) is 18.9. The van der Waals surface area contributed by atoms with E-state index in [1.54, 1.807) is 0 Å². The molecule has 1 aliphatic heterocycles. The molecule has 0 aliphatic carbocycles. The third kappa shape index (κ3) is 8.02. The van der Waals surface area contributed by atoms with Crippen molar-refractivity contribution in [1.29, 1.82) is 0 Å². The molecule has 2 unspecified atom stereocenters. The number of carbonyl (C=O) groups excluding carboxylic acids is 1. The summed E-state index contributed by atoms with van der Waals surface area (Å²) in [6.45, 7) is 3.37. The molecule has 1 aromatic rings. The number of hydrogen-bond donors (Lipinski definition) is 0. The molecule has 1 aromatic carbocycles. The third-order valence-corrected chi connectivity index (χ3v) is 3.93. The van der Waals surface area contributed by atoms with Crippen molar-refractivity contribution in [2.75, 3.05) is 13.2 Å². The van der Waals surface area contributed by atoms with E-state index in [1.165, 1.54) is 6.42 Å². The van der Waals surface area contributed by atoms with E-state index in [2.05, 4.69) is 12.8 Å². The number of rotatable bonds is 9. The van der Waals surface area contributed by atoms with Gasteiger partial charge in [0, 0.05) is 44.9 Å². The van der Waals surface area contributed by atoms with Crippen molar-refractivity contribution >= 4 is 5.78 Å². The van der Waals surface area contributed by atoms with E-state index in [4.69, 9.17) is 9.47 Å². The van der Waals surface area contributed by atoms with E-state index in [1.807, 2.05) is 37.3 Å². The summed E-state index contributed by atoms with van der Waals surface area (Å²) in [5.74, 6) is 0.416. The minimum atomic E-state index is -0.0684. The molecule has 125 valence electrons. The van der Waals surface area contributed by atoms with Gasteiger partial charge in [-0.2, -0.15) is 12.8 Å². The molecule has 2 rings (SSSR count). The number of ether oxygens (including phenoxy) is 2. The van der Waals surface area contributed by atoms with Gasteiger partial charge in [0.15, 0.2) is 12.1 Å². The Morgan fingerprint density at radius 2 is 2.13 bits per heavy atom. The minimum absolute atomic E-state index is 0. The van der Waals surface area contributed by atoms with Crippen LogP contribution < -0.4 is 0 Å². The van der Waals surface area contributed by atoms with Crippen LogP contribution in [-0.2, 0) is 42.2 Å². The first-order valence-electron chi connectivity index (χ1n) is 8.22. The van der Waals surface area contributed by atoms with Crippen molar-refractivity contribution in [3.05, 3.63) is 48.7 Å². The number of benzene rings is 1. The number of ketones is 1. The van der Waals surface area contributed by atoms with Gasteiger partial charge in [-0.05, 0) is 25.7 Å². The fraction of sp³-hybridized carbons (Fsp3) is 0.526. The van der Waals surface area contributed by atoms with Crippen LogP contribution in [0.2, 0.25) is 0 Å². The maximum atomic E-state index is 12.3. The van der Waals surface area contributed by atoms with Gasteiger partial charge in [-0.1, -0.05) is 36.9 Å². The van der Waals surface area contributed by atoms with E-state index < -0.39 is 0 Å². The molecule has 1 heterocycles. The largest absolute Gasteiger partial charge is 0.385 e. The molecule has 1 fully saturated rings. The molecule has 0 amide bonds. The standard InChI is InChI=1S/C19H26O3.Y/c1-2-8-16(12-14-22-19-11-6-7-13-21-19)15-18(20)17-9-4-3-5-10-17;/h2-5,9-10,12,16,19H,6-8,11,13-15H2,1H3;/q-2;. The van der Waals surface area contributed by atoms with Crippen LogP contribution in [-0.4, -0.2) is 25.3 Å². The van der Waals surface area contributed by atoms with E-state index in [9.17, 15) is 4.79 Å². The molecule has 3 nitrogen and oxygen atoms in total. The van der Waals surface area contributed by atoms with E-state index in [-0.39, 0.29) is 50.7 Å². The van der Waals surface area contributed by atoms with Gasteiger partial charge in [0.05, 0.1) is 0 Å². The second-order valence-corrected chi connectivity index (χ2v) is 5.76. The van der Waals surface area contributed by atoms with Gasteiger partial charge in [-0.25, -0.2) is 6.42 Å². The van der Waals surface area contributed by atoms with Crippen LogP contribution in [0, 0.1) is 18.8 Å². The fourth-order valence-corrected chi connectivity index (χ4v) is 2.69. The Morgan fingerprint density at radius 3 is 2.78 bits per heavy atom. The Bertz CT molecular complexity index is 430. The quantitative estimate of drug-likeness (QED) is 0.467. The van der Waals surface area contributed by atoms with Gasteiger partial charge in [0.1, 0.15) is 0 Å². The first-order valence-corrected chi connectivity index (χ1v) is 8.22. The van der Waals surface area contributed by atoms with Crippen LogP contribution in [0.25, 0.3) is 0 Å². The van der Waals surface area contributed by atoms with Gasteiger partial charge in [-0.15, -0.1) is 0 Å². The van der Waals surface area contributed by atoms with Crippen molar-refractivity contribution in [3.8, 4) is 0 Å². The SMILES string of the molecule is C[CH-]CC([CH-]COC1CCCCO1)CC(=O)c1ccccc1.[Y]. The summed E-state index contributed by atoms with van der Waals surface area (Å²) in [7, 11) is 0. The Hall–Kier alpha value is -0.0861. The van der Waals surface area contributed by atoms with Crippen LogP contribution in [0.1, 0.15) is 49.4 Å². The van der Waals surface area contributed by atoms with Crippen molar-refractivity contribution in [2.24, 2.45) is 5.92 Å². The molecule has 4 heteroatoms. The van der Waals surface area contributed by atoms with E-state index in [0.29, 0.717) is 13.0 Å². The Morgan fingerprint density at radius 1 is 1.35 bits per heavy atom. The first kappa shape index (κ1) is 21.0. The summed E-state index contributed by atoms with van der Waals surface area (Å²) in [6, 6.07) is 9.49. The van der Waals surface area contributed by atoms with Gasteiger partial charge >= 0.3 is 0 Å². The maximum Gasteiger partial charge on any atom is 0.160 e. The third-order valence-electron chi connectivity index (χ3n) is 3.93. The Balaban J connectivity index is 0.00000264. The average Bonchev–Trinajstić information content (AvgIpc) is 2.57. The number of Topliss-reactive ketones (excluding diaryl/α,β-unsaturated/α-hetero) is 1. The van der Waals surface area contributed by atoms with E-state index in [0.717, 1.165) is 31.4 Å². The topological polar surface area (TPSA) is 35.5 Å². The zero-order chi connectivity index (χ0) is 15.6. The molecule has 1 aliphatic rings. The van der Waals surface area contributed by atoms with Crippen molar-refractivity contribution in [1.82, 2.24) is 0 Å². The molecule has 0 N–H and O–H groups in total. The Labute approximate surface area is 165 Å². The van der Waals surface area contributed by atoms with Gasteiger partial charge < -0.3 is 22.3 Å². The summed E-state index contributed by atoms with van der Waals surface area (Å²) < 4.78 is 11.3. The molecule has 1 saturated heterocycles. The molecule has 1 radical (unpaired) electrons. The Kier molecular flexibility index (Phi) is 11.2. The summed E-state index contributed by atoms with van der Waals surface area (Å²) in [5.41, 5.74) is 0.786. The summed E-state index contributed by atoms with van der Waals surface area (Å²) in [6.07, 6.45) is 8.85. The summed E-state index contributed by atoms with van der Waals surface area (Å²) in [5, 5.41) is 0. The molecular weight excluding hydrogens is 365 g/mol. The minimum Gasteiger partial charge on any atom is -0.385 e. The molecule has 0 saturated carbocycles. The zero-order valence-electron chi connectivity index (χ0n) is 13.9. The molecule has 2 atom stereocenters. The maximum absolute atomic E-state index is 12.3. The molecule has 0 spiro atoms. The van der Waals surface area contributed by atoms with Crippen LogP contribution in [0.4, 0.5) is 0 Å². The smallest absolute Gasteiger partial charge is 0.160 e.